The Labute approximate surface area is 87.6 Å². The third-order valence-corrected chi connectivity index (χ3v) is 2.79. The Kier molecular flexibility index (Phi) is 3.65. The zero-order chi connectivity index (χ0) is 11.5. The van der Waals surface area contributed by atoms with Crippen LogP contribution in [0.15, 0.2) is 0 Å². The number of carbonyl (C=O) groups is 2. The number of carbonyl (C=O) groups excluding carboxylic acids is 2. The number of rotatable bonds is 5. The van der Waals surface area contributed by atoms with E-state index in [4.69, 9.17) is 5.90 Å². The van der Waals surface area contributed by atoms with E-state index >= 15 is 0 Å². The molecule has 0 spiro atoms. The van der Waals surface area contributed by atoms with Crippen LogP contribution in [0.5, 0.6) is 0 Å². The first-order chi connectivity index (χ1) is 7.13. The van der Waals surface area contributed by atoms with Gasteiger partial charge in [0.1, 0.15) is 0 Å². The fourth-order valence-corrected chi connectivity index (χ4v) is 1.84. The van der Waals surface area contributed by atoms with Crippen LogP contribution in [0.25, 0.3) is 0 Å². The van der Waals surface area contributed by atoms with Crippen molar-refractivity contribution in [2.45, 2.75) is 12.8 Å². The van der Waals surface area contributed by atoms with E-state index in [-0.39, 0.29) is 5.92 Å². The molecule has 0 aliphatic heterocycles. The van der Waals surface area contributed by atoms with Crippen molar-refractivity contribution in [1.82, 2.24) is 0 Å². The number of nitrogens with two attached hydrogens (primary N) is 1. The summed E-state index contributed by atoms with van der Waals surface area (Å²) in [4.78, 5) is 27.4. The first kappa shape index (κ1) is 11.9. The molecular formula is C9H15NO5. The maximum atomic E-state index is 11.5. The molecule has 1 rings (SSSR count). The van der Waals surface area contributed by atoms with E-state index in [2.05, 4.69) is 14.3 Å². The van der Waals surface area contributed by atoms with Gasteiger partial charge in [0.15, 0.2) is 5.41 Å². The average Bonchev–Trinajstić information content (AvgIpc) is 2.99. The van der Waals surface area contributed by atoms with Crippen molar-refractivity contribution in [2.24, 2.45) is 17.2 Å². The molecule has 1 aliphatic rings. The molecule has 0 saturated heterocycles. The fraction of sp³-hybridized carbons (Fsp3) is 0.778. The molecule has 1 atom stereocenters. The summed E-state index contributed by atoms with van der Waals surface area (Å²) in [5.41, 5.74) is -1.12. The molecule has 0 bridgehead atoms. The van der Waals surface area contributed by atoms with E-state index in [1.165, 1.54) is 14.2 Å². The lowest BCUT2D eigenvalue weighted by molar-refractivity contribution is -0.162. The molecule has 0 heterocycles. The Morgan fingerprint density at radius 2 is 1.87 bits per heavy atom. The van der Waals surface area contributed by atoms with Crippen molar-refractivity contribution in [1.29, 1.82) is 0 Å². The van der Waals surface area contributed by atoms with Crippen LogP contribution in [0.1, 0.15) is 12.8 Å². The Balaban J connectivity index is 2.67. The first-order valence-corrected chi connectivity index (χ1v) is 4.62. The van der Waals surface area contributed by atoms with Crippen molar-refractivity contribution >= 4 is 11.9 Å². The van der Waals surface area contributed by atoms with E-state index in [0.29, 0.717) is 19.4 Å². The van der Waals surface area contributed by atoms with Crippen LogP contribution in [0, 0.1) is 11.3 Å². The Morgan fingerprint density at radius 3 is 2.27 bits per heavy atom. The lowest BCUT2D eigenvalue weighted by Crippen LogP contribution is -2.30. The summed E-state index contributed by atoms with van der Waals surface area (Å²) in [6.07, 6.45) is 0.983. The smallest absolute Gasteiger partial charge is 0.323 e. The molecule has 86 valence electrons. The van der Waals surface area contributed by atoms with Crippen molar-refractivity contribution in [2.75, 3.05) is 20.8 Å². The topological polar surface area (TPSA) is 87.9 Å². The number of hydrogen-bond acceptors (Lipinski definition) is 6. The van der Waals surface area contributed by atoms with E-state index in [0.717, 1.165) is 0 Å². The van der Waals surface area contributed by atoms with Gasteiger partial charge in [0.25, 0.3) is 0 Å². The molecule has 0 aromatic carbocycles. The van der Waals surface area contributed by atoms with Crippen LogP contribution in [0.3, 0.4) is 0 Å². The number of hydrogen-bond donors (Lipinski definition) is 1. The van der Waals surface area contributed by atoms with Gasteiger partial charge >= 0.3 is 11.9 Å². The third kappa shape index (κ3) is 1.95. The predicted molar refractivity (Wildman–Crippen MR) is 49.3 cm³/mol. The molecule has 0 aromatic heterocycles. The normalized spacial score (nSPS) is 21.9. The number of esters is 2. The highest BCUT2D eigenvalue weighted by molar-refractivity contribution is 6.03. The van der Waals surface area contributed by atoms with E-state index in [9.17, 15) is 9.59 Å². The molecule has 1 fully saturated rings. The van der Waals surface area contributed by atoms with Gasteiger partial charge in [0, 0.05) is 0 Å². The summed E-state index contributed by atoms with van der Waals surface area (Å²) >= 11 is 0. The summed E-state index contributed by atoms with van der Waals surface area (Å²) < 4.78 is 9.20. The summed E-state index contributed by atoms with van der Waals surface area (Å²) in [5, 5.41) is 0. The highest BCUT2D eigenvalue weighted by Crippen LogP contribution is 2.56. The van der Waals surface area contributed by atoms with Crippen LogP contribution in [0.2, 0.25) is 0 Å². The standard InChI is InChI=1S/C9H15NO5/c1-13-7(11)9(8(12)14-2)5-6(9)3-4-15-10/h6H,3-5,10H2,1-2H3/t6-/m0/s1. The quantitative estimate of drug-likeness (QED) is 0.383. The van der Waals surface area contributed by atoms with Gasteiger partial charge in [-0.15, -0.1) is 0 Å². The van der Waals surface area contributed by atoms with E-state index in [1.54, 1.807) is 0 Å². The monoisotopic (exact) mass is 217 g/mol. The summed E-state index contributed by atoms with van der Waals surface area (Å²) in [6.45, 7) is 0.306. The largest absolute Gasteiger partial charge is 0.468 e. The second kappa shape index (κ2) is 4.59. The lowest BCUT2D eigenvalue weighted by atomic mass is 10.0. The zero-order valence-electron chi connectivity index (χ0n) is 8.82. The molecular weight excluding hydrogens is 202 g/mol. The van der Waals surface area contributed by atoms with Gasteiger partial charge in [-0.25, -0.2) is 5.90 Å². The SMILES string of the molecule is COC(=O)C1(C(=O)OC)C[C@@H]1CCON. The van der Waals surface area contributed by atoms with Crippen molar-refractivity contribution in [3.05, 3.63) is 0 Å². The van der Waals surface area contributed by atoms with Crippen LogP contribution in [0.4, 0.5) is 0 Å². The third-order valence-electron chi connectivity index (χ3n) is 2.79. The van der Waals surface area contributed by atoms with Gasteiger partial charge in [-0.1, -0.05) is 0 Å². The number of methoxy groups -OCH3 is 2. The molecule has 2 N–H and O–H groups in total. The minimum atomic E-state index is -1.12. The average molecular weight is 217 g/mol. The van der Waals surface area contributed by atoms with Crippen LogP contribution >= 0.6 is 0 Å². The van der Waals surface area contributed by atoms with Gasteiger partial charge < -0.3 is 14.3 Å². The molecule has 1 saturated carbocycles. The minimum absolute atomic E-state index is 0.0963. The van der Waals surface area contributed by atoms with Gasteiger partial charge in [0.2, 0.25) is 0 Å². The highest BCUT2D eigenvalue weighted by Gasteiger charge is 2.67. The molecule has 0 unspecified atom stereocenters. The van der Waals surface area contributed by atoms with Gasteiger partial charge in [-0.3, -0.25) is 9.59 Å². The molecule has 0 aromatic rings. The highest BCUT2D eigenvalue weighted by atomic mass is 16.6. The zero-order valence-corrected chi connectivity index (χ0v) is 8.82. The van der Waals surface area contributed by atoms with E-state index in [1.807, 2.05) is 0 Å². The molecule has 6 nitrogen and oxygen atoms in total. The van der Waals surface area contributed by atoms with Crippen LogP contribution in [-0.2, 0) is 23.9 Å². The Bertz CT molecular complexity index is 249. The van der Waals surface area contributed by atoms with Crippen LogP contribution < -0.4 is 5.90 Å². The predicted octanol–water partition coefficient (Wildman–Crippen LogP) is -0.381. The van der Waals surface area contributed by atoms with Crippen molar-refractivity contribution in [3.63, 3.8) is 0 Å². The molecule has 0 radical (unpaired) electrons. The second-order valence-corrected chi connectivity index (χ2v) is 3.52. The minimum Gasteiger partial charge on any atom is -0.468 e. The lowest BCUT2D eigenvalue weighted by Gasteiger charge is -2.11. The maximum Gasteiger partial charge on any atom is 0.323 e. The van der Waals surface area contributed by atoms with Crippen molar-refractivity contribution < 1.29 is 23.9 Å². The number of ether oxygens (including phenoxy) is 2. The molecule has 1 aliphatic carbocycles. The van der Waals surface area contributed by atoms with Gasteiger partial charge in [-0.2, -0.15) is 0 Å². The molecule has 6 heteroatoms. The van der Waals surface area contributed by atoms with Gasteiger partial charge in [0.05, 0.1) is 20.8 Å². The summed E-state index contributed by atoms with van der Waals surface area (Å²) in [7, 11) is 2.50. The molecule has 0 amide bonds. The van der Waals surface area contributed by atoms with Gasteiger partial charge in [-0.05, 0) is 18.8 Å². The fourth-order valence-electron chi connectivity index (χ4n) is 1.84. The molecule has 15 heavy (non-hydrogen) atoms. The first-order valence-electron chi connectivity index (χ1n) is 4.62. The second-order valence-electron chi connectivity index (χ2n) is 3.52. The maximum absolute atomic E-state index is 11.5. The van der Waals surface area contributed by atoms with E-state index < -0.39 is 17.4 Å². The van der Waals surface area contributed by atoms with Crippen molar-refractivity contribution in [3.8, 4) is 0 Å². The summed E-state index contributed by atoms with van der Waals surface area (Å²) in [5.74, 6) is 3.69. The Hall–Kier alpha value is -1.14. The Morgan fingerprint density at radius 1 is 1.33 bits per heavy atom. The van der Waals surface area contributed by atoms with Crippen LogP contribution in [-0.4, -0.2) is 32.8 Å². The summed E-state index contributed by atoms with van der Waals surface area (Å²) in [6, 6.07) is 0.